The molecule has 0 aromatic heterocycles. The third-order valence-electron chi connectivity index (χ3n) is 3.04. The van der Waals surface area contributed by atoms with Crippen LogP contribution in [0.15, 0.2) is 22.7 Å². The zero-order valence-corrected chi connectivity index (χ0v) is 12.0. The minimum Gasteiger partial charge on any atom is -0.496 e. The van der Waals surface area contributed by atoms with Gasteiger partial charge < -0.3 is 10.1 Å². The Morgan fingerprint density at radius 2 is 2.28 bits per heavy atom. The van der Waals surface area contributed by atoms with E-state index in [9.17, 15) is 4.79 Å². The molecule has 1 aromatic rings. The van der Waals surface area contributed by atoms with Crippen LogP contribution >= 0.6 is 15.9 Å². The first-order valence-corrected chi connectivity index (χ1v) is 6.80. The Morgan fingerprint density at radius 1 is 1.44 bits per heavy atom. The van der Waals surface area contributed by atoms with Crippen LogP contribution in [0.4, 0.5) is 0 Å². The Morgan fingerprint density at radius 3 is 3.06 bits per heavy atom. The van der Waals surface area contributed by atoms with Crippen LogP contribution in [-0.2, 0) is 11.3 Å². The summed E-state index contributed by atoms with van der Waals surface area (Å²) in [6, 6.07) is 6.00. The number of hydrogen-bond acceptors (Lipinski definition) is 3. The van der Waals surface area contributed by atoms with Gasteiger partial charge in [-0.2, -0.15) is 0 Å². The molecule has 0 bridgehead atoms. The predicted octanol–water partition coefficient (Wildman–Crippen LogP) is 1.78. The maximum absolute atomic E-state index is 11.3. The van der Waals surface area contributed by atoms with Gasteiger partial charge in [0.25, 0.3) is 0 Å². The summed E-state index contributed by atoms with van der Waals surface area (Å²) in [7, 11) is 1.68. The maximum atomic E-state index is 11.3. The van der Waals surface area contributed by atoms with E-state index in [0.717, 1.165) is 42.0 Å². The van der Waals surface area contributed by atoms with E-state index in [1.807, 2.05) is 12.1 Å². The molecule has 1 aliphatic heterocycles. The molecule has 0 atom stereocenters. The van der Waals surface area contributed by atoms with Crippen LogP contribution in [0.5, 0.6) is 5.75 Å². The van der Waals surface area contributed by atoms with Gasteiger partial charge in [0.05, 0.1) is 7.11 Å². The van der Waals surface area contributed by atoms with E-state index in [-0.39, 0.29) is 5.91 Å². The fourth-order valence-electron chi connectivity index (χ4n) is 2.08. The topological polar surface area (TPSA) is 41.6 Å². The first-order chi connectivity index (χ1) is 8.69. The fraction of sp³-hybridized carbons (Fsp3) is 0.462. The summed E-state index contributed by atoms with van der Waals surface area (Å²) in [4.78, 5) is 13.6. The van der Waals surface area contributed by atoms with Crippen LogP contribution in [0.25, 0.3) is 0 Å². The number of halogens is 1. The molecular weight excluding hydrogens is 296 g/mol. The number of carbonyl (C=O) groups is 1. The predicted molar refractivity (Wildman–Crippen MR) is 73.6 cm³/mol. The van der Waals surface area contributed by atoms with E-state index < -0.39 is 0 Å². The van der Waals surface area contributed by atoms with Crippen LogP contribution in [-0.4, -0.2) is 37.6 Å². The Kier molecular flexibility index (Phi) is 4.60. The lowest BCUT2D eigenvalue weighted by molar-refractivity contribution is -0.120. The molecule has 0 unspecified atom stereocenters. The Hall–Kier alpha value is -1.07. The smallest absolute Gasteiger partial charge is 0.221 e. The van der Waals surface area contributed by atoms with Crippen molar-refractivity contribution in [3.63, 3.8) is 0 Å². The Balaban J connectivity index is 2.08. The molecule has 0 saturated carbocycles. The molecule has 1 aliphatic rings. The SMILES string of the molecule is COc1ccc(Br)cc1CN1CCNC(=O)CC1. The van der Waals surface area contributed by atoms with Crippen molar-refractivity contribution >= 4 is 21.8 Å². The van der Waals surface area contributed by atoms with Crippen molar-refractivity contribution in [3.8, 4) is 5.75 Å². The largest absolute Gasteiger partial charge is 0.496 e. The number of hydrogen-bond donors (Lipinski definition) is 1. The third kappa shape index (κ3) is 3.46. The number of benzene rings is 1. The summed E-state index contributed by atoms with van der Waals surface area (Å²) in [5.41, 5.74) is 1.14. The van der Waals surface area contributed by atoms with Crippen molar-refractivity contribution in [1.29, 1.82) is 0 Å². The molecule has 0 radical (unpaired) electrons. The third-order valence-corrected chi connectivity index (χ3v) is 3.53. The van der Waals surface area contributed by atoms with Gasteiger partial charge in [0.1, 0.15) is 5.75 Å². The lowest BCUT2D eigenvalue weighted by Gasteiger charge is -2.20. The molecule has 1 saturated heterocycles. The summed E-state index contributed by atoms with van der Waals surface area (Å²) in [6.07, 6.45) is 0.566. The maximum Gasteiger partial charge on any atom is 0.221 e. The van der Waals surface area contributed by atoms with Gasteiger partial charge in [-0.05, 0) is 18.2 Å². The van der Waals surface area contributed by atoms with Gasteiger partial charge >= 0.3 is 0 Å². The molecule has 0 aliphatic carbocycles. The number of rotatable bonds is 3. The highest BCUT2D eigenvalue weighted by Gasteiger charge is 2.15. The van der Waals surface area contributed by atoms with Crippen LogP contribution in [0.2, 0.25) is 0 Å². The van der Waals surface area contributed by atoms with Gasteiger partial charge in [-0.25, -0.2) is 0 Å². The van der Waals surface area contributed by atoms with Crippen LogP contribution in [0, 0.1) is 0 Å². The molecule has 0 spiro atoms. The molecule has 1 aromatic carbocycles. The van der Waals surface area contributed by atoms with Crippen molar-refractivity contribution in [2.24, 2.45) is 0 Å². The average Bonchev–Trinajstić information content (AvgIpc) is 2.55. The van der Waals surface area contributed by atoms with E-state index >= 15 is 0 Å². The van der Waals surface area contributed by atoms with Crippen molar-refractivity contribution in [2.45, 2.75) is 13.0 Å². The number of nitrogens with zero attached hydrogens (tertiary/aromatic N) is 1. The Labute approximate surface area is 115 Å². The van der Waals surface area contributed by atoms with Gasteiger partial charge in [-0.15, -0.1) is 0 Å². The molecule has 1 heterocycles. The van der Waals surface area contributed by atoms with Crippen molar-refractivity contribution in [1.82, 2.24) is 10.2 Å². The van der Waals surface area contributed by atoms with E-state index in [1.54, 1.807) is 7.11 Å². The van der Waals surface area contributed by atoms with Crippen LogP contribution < -0.4 is 10.1 Å². The average molecular weight is 313 g/mol. The molecule has 4 nitrogen and oxygen atoms in total. The monoisotopic (exact) mass is 312 g/mol. The van der Waals surface area contributed by atoms with Gasteiger partial charge in [0.15, 0.2) is 0 Å². The quantitative estimate of drug-likeness (QED) is 0.925. The lowest BCUT2D eigenvalue weighted by atomic mass is 10.2. The number of ether oxygens (including phenoxy) is 1. The van der Waals surface area contributed by atoms with Gasteiger partial charge in [0, 0.05) is 42.6 Å². The second kappa shape index (κ2) is 6.20. The van der Waals surface area contributed by atoms with Gasteiger partial charge in [-0.1, -0.05) is 15.9 Å². The van der Waals surface area contributed by atoms with Crippen molar-refractivity contribution in [2.75, 3.05) is 26.7 Å². The summed E-state index contributed by atoms with van der Waals surface area (Å²) < 4.78 is 6.41. The summed E-state index contributed by atoms with van der Waals surface area (Å²) in [5, 5.41) is 2.88. The van der Waals surface area contributed by atoms with Crippen molar-refractivity contribution in [3.05, 3.63) is 28.2 Å². The van der Waals surface area contributed by atoms with E-state index in [4.69, 9.17) is 4.74 Å². The van der Waals surface area contributed by atoms with E-state index in [2.05, 4.69) is 32.2 Å². The summed E-state index contributed by atoms with van der Waals surface area (Å²) in [6.45, 7) is 3.19. The lowest BCUT2D eigenvalue weighted by Crippen LogP contribution is -2.28. The highest BCUT2D eigenvalue weighted by Crippen LogP contribution is 2.24. The number of amides is 1. The normalized spacial score (nSPS) is 17.1. The molecule has 1 amide bonds. The second-order valence-electron chi connectivity index (χ2n) is 4.33. The first-order valence-electron chi connectivity index (χ1n) is 6.00. The standard InChI is InChI=1S/C13H17BrN2O2/c1-18-12-3-2-11(14)8-10(12)9-16-6-4-13(17)15-5-7-16/h2-3,8H,4-7,9H2,1H3,(H,15,17). The molecule has 18 heavy (non-hydrogen) atoms. The highest BCUT2D eigenvalue weighted by atomic mass is 79.9. The van der Waals surface area contributed by atoms with E-state index in [0.29, 0.717) is 6.42 Å². The Bertz CT molecular complexity index is 437. The zero-order valence-electron chi connectivity index (χ0n) is 10.4. The zero-order chi connectivity index (χ0) is 13.0. The molecule has 1 fully saturated rings. The molecule has 2 rings (SSSR count). The molecule has 1 N–H and O–H groups in total. The van der Waals surface area contributed by atoms with Gasteiger partial charge in [-0.3, -0.25) is 9.69 Å². The highest BCUT2D eigenvalue weighted by molar-refractivity contribution is 9.10. The summed E-state index contributed by atoms with van der Waals surface area (Å²) in [5.74, 6) is 1.03. The molecule has 98 valence electrons. The molecule has 5 heteroatoms. The second-order valence-corrected chi connectivity index (χ2v) is 5.25. The summed E-state index contributed by atoms with van der Waals surface area (Å²) >= 11 is 3.47. The van der Waals surface area contributed by atoms with Crippen LogP contribution in [0.1, 0.15) is 12.0 Å². The number of carbonyl (C=O) groups excluding carboxylic acids is 1. The van der Waals surface area contributed by atoms with Gasteiger partial charge in [0.2, 0.25) is 5.91 Å². The number of methoxy groups -OCH3 is 1. The van der Waals surface area contributed by atoms with Crippen LogP contribution in [0.3, 0.4) is 0 Å². The first kappa shape index (κ1) is 13.4. The number of nitrogens with one attached hydrogen (secondary N) is 1. The minimum atomic E-state index is 0.138. The minimum absolute atomic E-state index is 0.138. The van der Waals surface area contributed by atoms with E-state index in [1.165, 1.54) is 0 Å². The van der Waals surface area contributed by atoms with Crippen molar-refractivity contribution < 1.29 is 9.53 Å². The fourth-order valence-corrected chi connectivity index (χ4v) is 2.49. The molecular formula is C13H17BrN2O2.